The van der Waals surface area contributed by atoms with E-state index >= 15 is 0 Å². The van der Waals surface area contributed by atoms with Crippen molar-refractivity contribution in [3.63, 3.8) is 0 Å². The Morgan fingerprint density at radius 2 is 1.76 bits per heavy atom. The molecule has 1 saturated heterocycles. The Morgan fingerprint density at radius 3 is 2.54 bits per heavy atom. The highest BCUT2D eigenvalue weighted by Gasteiger charge is 2.58. The number of nitrogens with zero attached hydrogens (tertiary/aromatic N) is 1. The summed E-state index contributed by atoms with van der Waals surface area (Å²) in [4.78, 5) is 30.0. The molecule has 2 N–H and O–H groups in total. The molecule has 1 saturated carbocycles. The third kappa shape index (κ3) is 7.86. The van der Waals surface area contributed by atoms with Crippen LogP contribution >= 0.6 is 0 Å². The summed E-state index contributed by atoms with van der Waals surface area (Å²) in [6.45, 7) is 4.95. The number of ether oxygens (including phenoxy) is 2. The number of carbonyl (C=O) groups is 2. The summed E-state index contributed by atoms with van der Waals surface area (Å²) in [7, 11) is 0. The number of ketones is 1. The van der Waals surface area contributed by atoms with Crippen molar-refractivity contribution in [3.8, 4) is 5.75 Å². The van der Waals surface area contributed by atoms with E-state index in [2.05, 4.69) is 13.0 Å². The van der Waals surface area contributed by atoms with Crippen LogP contribution in [-0.4, -0.2) is 64.5 Å². The molecule has 0 aromatic heterocycles. The molecule has 5 unspecified atom stereocenters. The van der Waals surface area contributed by atoms with Crippen LogP contribution in [-0.2, 0) is 11.2 Å². The molecule has 9 heteroatoms. The van der Waals surface area contributed by atoms with Crippen LogP contribution in [0, 0.1) is 17.0 Å². The van der Waals surface area contributed by atoms with E-state index in [4.69, 9.17) is 9.47 Å². The summed E-state index contributed by atoms with van der Waals surface area (Å²) in [5, 5.41) is 25.9. The third-order valence-electron chi connectivity index (χ3n) is 12.2. The molecule has 2 fully saturated rings. The molecule has 3 aliphatic carbocycles. The van der Waals surface area contributed by atoms with E-state index in [1.807, 2.05) is 55.5 Å². The van der Waals surface area contributed by atoms with E-state index in [1.54, 1.807) is 17.0 Å². The van der Waals surface area contributed by atoms with Gasteiger partial charge in [0.05, 0.1) is 30.9 Å². The second-order valence-corrected chi connectivity index (χ2v) is 15.8. The number of halogens is 2. The summed E-state index contributed by atoms with van der Waals surface area (Å²) in [6.07, 6.45) is 6.05. The van der Waals surface area contributed by atoms with Crippen LogP contribution < -0.4 is 4.74 Å². The zero-order chi connectivity index (χ0) is 38.0. The minimum atomic E-state index is -1.39. The Labute approximate surface area is 315 Å². The molecule has 1 amide bonds. The molecule has 8 rings (SSSR count). The Bertz CT molecular complexity index is 2060. The van der Waals surface area contributed by atoms with Gasteiger partial charge in [-0.1, -0.05) is 61.0 Å². The van der Waals surface area contributed by atoms with Crippen LogP contribution in [0.1, 0.15) is 98.2 Å². The van der Waals surface area contributed by atoms with Crippen molar-refractivity contribution < 1.29 is 38.1 Å². The fourth-order valence-corrected chi connectivity index (χ4v) is 8.94. The van der Waals surface area contributed by atoms with Crippen LogP contribution in [0.4, 0.5) is 13.6 Å². The third-order valence-corrected chi connectivity index (χ3v) is 12.2. The average molecular weight is 738 g/mol. The van der Waals surface area contributed by atoms with Crippen LogP contribution in [0.5, 0.6) is 5.75 Å². The van der Waals surface area contributed by atoms with Crippen LogP contribution in [0.3, 0.4) is 0 Å². The molecule has 0 radical (unpaired) electrons. The molecule has 2 bridgehead atoms. The molecule has 54 heavy (non-hydrogen) atoms. The summed E-state index contributed by atoms with van der Waals surface area (Å²) >= 11 is 0. The number of aliphatic hydroxyl groups excluding tert-OH is 1. The van der Waals surface area contributed by atoms with Gasteiger partial charge in [-0.05, 0) is 129 Å². The van der Waals surface area contributed by atoms with Crippen molar-refractivity contribution >= 4 is 22.6 Å². The number of aliphatic hydroxyl groups is 2. The van der Waals surface area contributed by atoms with Gasteiger partial charge in [-0.3, -0.25) is 4.79 Å². The van der Waals surface area contributed by atoms with Crippen molar-refractivity contribution in [2.45, 2.75) is 95.4 Å². The quantitative estimate of drug-likeness (QED) is 0.145. The number of carbonyl (C=O) groups excluding carboxylic acids is 2. The first kappa shape index (κ1) is 37.9. The number of hydrogen-bond donors (Lipinski definition) is 2. The number of hydrogen-bond acceptors (Lipinski definition) is 6. The van der Waals surface area contributed by atoms with E-state index in [1.165, 1.54) is 6.07 Å². The van der Waals surface area contributed by atoms with E-state index in [0.29, 0.717) is 68.4 Å². The first-order valence-electron chi connectivity index (χ1n) is 19.2. The number of allylic oxidation sites excluding steroid dienone is 2. The van der Waals surface area contributed by atoms with Gasteiger partial charge in [-0.15, -0.1) is 0 Å². The largest absolute Gasteiger partial charge is 0.415 e. The number of amides is 1. The molecule has 4 aromatic carbocycles. The molecule has 1 heterocycles. The van der Waals surface area contributed by atoms with Gasteiger partial charge in [0, 0.05) is 23.1 Å². The molecule has 1 aliphatic heterocycles. The molecule has 4 aromatic rings. The maximum absolute atomic E-state index is 14.4. The lowest BCUT2D eigenvalue weighted by Gasteiger charge is -2.46. The lowest BCUT2D eigenvalue weighted by Crippen LogP contribution is -2.55. The smallest absolute Gasteiger partial charge is 0.410 e. The van der Waals surface area contributed by atoms with Crippen LogP contribution in [0.2, 0.25) is 0 Å². The van der Waals surface area contributed by atoms with Gasteiger partial charge in [0.15, 0.2) is 17.4 Å². The van der Waals surface area contributed by atoms with Gasteiger partial charge >= 0.3 is 6.09 Å². The Morgan fingerprint density at radius 1 is 0.944 bits per heavy atom. The van der Waals surface area contributed by atoms with Crippen LogP contribution in [0.15, 0.2) is 90.5 Å². The van der Waals surface area contributed by atoms with Gasteiger partial charge in [0.2, 0.25) is 0 Å². The van der Waals surface area contributed by atoms with Crippen molar-refractivity contribution in [1.82, 2.24) is 4.90 Å². The molecule has 5 atom stereocenters. The Balaban J connectivity index is 1.26. The van der Waals surface area contributed by atoms with Gasteiger partial charge in [0.25, 0.3) is 0 Å². The van der Waals surface area contributed by atoms with Crippen molar-refractivity contribution in [2.75, 3.05) is 19.7 Å². The summed E-state index contributed by atoms with van der Waals surface area (Å²) in [5.74, 6) is -2.53. The number of fused-ring (bicyclic) bond motifs is 9. The van der Waals surface area contributed by atoms with Gasteiger partial charge in [0.1, 0.15) is 5.75 Å². The predicted molar refractivity (Wildman–Crippen MR) is 204 cm³/mol. The standard InChI is InChI=1S/C45H49F2NO6/c1-29-7-5-20-44(2)39(37-17-12-30(23-34(49)15-11-29)24-38(37)42(50)33-14-18-40(46)41(47)26-33)19-21-45(44,52)28-48(27-36-10-6-22-53-36)43(51)54-35-16-13-31-8-3-4-9-32(31)25-35/h3-4,7-9,12-14,16-18,24-26,34,36,39,49,52H,5-6,10-11,15,19-23,27-28H2,1-2H3. The fourth-order valence-electron chi connectivity index (χ4n) is 8.94. The van der Waals surface area contributed by atoms with E-state index in [0.717, 1.165) is 46.9 Å². The maximum atomic E-state index is 14.4. The molecule has 4 aliphatic rings. The molecule has 284 valence electrons. The fraction of sp³-hybridized carbons (Fsp3) is 0.422. The average Bonchev–Trinajstić information content (AvgIpc) is 3.76. The van der Waals surface area contributed by atoms with Crippen molar-refractivity contribution in [1.29, 1.82) is 0 Å². The Kier molecular flexibility index (Phi) is 11.0. The monoisotopic (exact) mass is 737 g/mol. The van der Waals surface area contributed by atoms with Crippen LogP contribution in [0.25, 0.3) is 10.8 Å². The molecular formula is C45H49F2NO6. The van der Waals surface area contributed by atoms with Gasteiger partial charge in [-0.2, -0.15) is 0 Å². The lowest BCUT2D eigenvalue weighted by atomic mass is 9.64. The first-order valence-corrected chi connectivity index (χ1v) is 19.2. The maximum Gasteiger partial charge on any atom is 0.415 e. The number of benzene rings is 4. The summed E-state index contributed by atoms with van der Waals surface area (Å²) in [6, 6.07) is 22.1. The topological polar surface area (TPSA) is 96.3 Å². The SMILES string of the molecule is CC1=CCCC2(C)C(CCC2(O)CN(CC2CCCO2)C(=O)Oc2ccc3ccccc3c2)c2ccc(cc2C(=O)c2ccc(F)c(F)c2)CC(O)CC1. The molecule has 7 nitrogen and oxygen atoms in total. The first-order chi connectivity index (χ1) is 25.9. The second kappa shape index (κ2) is 15.7. The highest BCUT2D eigenvalue weighted by atomic mass is 19.2. The Hall–Kier alpha value is -4.44. The van der Waals surface area contributed by atoms with E-state index in [9.17, 15) is 28.6 Å². The molecule has 0 spiro atoms. The second-order valence-electron chi connectivity index (χ2n) is 15.8. The minimum Gasteiger partial charge on any atom is -0.410 e. The highest BCUT2D eigenvalue weighted by molar-refractivity contribution is 6.10. The summed E-state index contributed by atoms with van der Waals surface area (Å²) in [5.41, 5.74) is 0.719. The summed E-state index contributed by atoms with van der Waals surface area (Å²) < 4.78 is 40.4. The molecular weight excluding hydrogens is 688 g/mol. The lowest BCUT2D eigenvalue weighted by molar-refractivity contribution is -0.0831. The zero-order valence-corrected chi connectivity index (χ0v) is 31.0. The van der Waals surface area contributed by atoms with Gasteiger partial charge < -0.3 is 24.6 Å². The zero-order valence-electron chi connectivity index (χ0n) is 31.0. The normalized spacial score (nSPS) is 25.9. The van der Waals surface area contributed by atoms with E-state index < -0.39 is 40.6 Å². The van der Waals surface area contributed by atoms with E-state index in [-0.39, 0.29) is 30.7 Å². The van der Waals surface area contributed by atoms with Gasteiger partial charge in [-0.25, -0.2) is 13.6 Å². The highest BCUT2D eigenvalue weighted by Crippen LogP contribution is 2.59. The minimum absolute atomic E-state index is 0.00823. The number of rotatable bonds is 7. The predicted octanol–water partition coefficient (Wildman–Crippen LogP) is 9.07. The van der Waals surface area contributed by atoms with Crippen molar-refractivity contribution in [3.05, 3.63) is 124 Å². The van der Waals surface area contributed by atoms with Crippen molar-refractivity contribution in [2.24, 2.45) is 5.41 Å².